The molecule has 170 valence electrons. The standard InChI is InChI=1S/C23H31NO2.2C2H6.H2/c1-4-5-7-18(11-17(3)25)10-16(2)22(26)13-21-12-19-8-6-9-20-14-23(19,20)15-24-21;2*1-2;/h6,8-9,12,15-16,18,20H,4-5,7,10-11,13-14H2,1-3H3;2*1-2H3;1H/t16?,18-,20?,23?;;;/m0.../s1. The zero-order valence-corrected chi connectivity index (χ0v) is 20.3. The van der Waals surface area contributed by atoms with Crippen molar-refractivity contribution >= 4 is 17.8 Å². The number of carbonyl (C=O) groups excluding carboxylic acids is 2. The summed E-state index contributed by atoms with van der Waals surface area (Å²) in [5.74, 6) is 1.39. The molecule has 0 radical (unpaired) electrons. The maximum absolute atomic E-state index is 12.7. The molecule has 30 heavy (non-hydrogen) atoms. The topological polar surface area (TPSA) is 46.5 Å². The normalized spacial score (nSPS) is 24.4. The summed E-state index contributed by atoms with van der Waals surface area (Å²) in [6, 6.07) is 0. The number of allylic oxidation sites excluding steroid dienone is 6. The molecule has 0 aromatic carbocycles. The van der Waals surface area contributed by atoms with Crippen LogP contribution >= 0.6 is 0 Å². The SMILES string of the molecule is CC.CC.CCCC[C@H](CC(C)=O)CC(C)C(=O)CC1=CC2=CC=CC3CC23C=N1.[HH]. The molecule has 1 fully saturated rings. The molecule has 0 saturated heterocycles. The fraction of sp³-hybridized carbons (Fsp3) is 0.667. The van der Waals surface area contributed by atoms with Crippen LogP contribution in [0.25, 0.3) is 0 Å². The van der Waals surface area contributed by atoms with Crippen LogP contribution in [-0.4, -0.2) is 17.8 Å². The van der Waals surface area contributed by atoms with E-state index in [0.717, 1.165) is 37.8 Å². The second-order valence-corrected chi connectivity index (χ2v) is 8.45. The zero-order chi connectivity index (χ0) is 22.7. The van der Waals surface area contributed by atoms with E-state index in [1.165, 1.54) is 5.57 Å². The van der Waals surface area contributed by atoms with E-state index in [9.17, 15) is 9.59 Å². The maximum atomic E-state index is 12.7. The van der Waals surface area contributed by atoms with Gasteiger partial charge in [-0.1, -0.05) is 79.0 Å². The van der Waals surface area contributed by atoms with Gasteiger partial charge in [-0.25, -0.2) is 0 Å². The van der Waals surface area contributed by atoms with Crippen molar-refractivity contribution in [3.05, 3.63) is 35.6 Å². The fourth-order valence-electron chi connectivity index (χ4n) is 4.43. The smallest absolute Gasteiger partial charge is 0.141 e. The van der Waals surface area contributed by atoms with Crippen molar-refractivity contribution in [1.82, 2.24) is 0 Å². The third kappa shape index (κ3) is 6.89. The van der Waals surface area contributed by atoms with E-state index in [1.54, 1.807) is 6.92 Å². The van der Waals surface area contributed by atoms with Crippen molar-refractivity contribution < 1.29 is 11.0 Å². The summed E-state index contributed by atoms with van der Waals surface area (Å²) in [7, 11) is 0. The lowest BCUT2D eigenvalue weighted by Crippen LogP contribution is -2.19. The van der Waals surface area contributed by atoms with E-state index >= 15 is 0 Å². The van der Waals surface area contributed by atoms with Crippen LogP contribution < -0.4 is 0 Å². The summed E-state index contributed by atoms with van der Waals surface area (Å²) >= 11 is 0. The average Bonchev–Trinajstić information content (AvgIpc) is 3.48. The fourth-order valence-corrected chi connectivity index (χ4v) is 4.43. The highest BCUT2D eigenvalue weighted by Gasteiger charge is 2.55. The van der Waals surface area contributed by atoms with E-state index in [0.29, 0.717) is 24.7 Å². The molecule has 3 aliphatic rings. The Hall–Kier alpha value is -1.77. The predicted molar refractivity (Wildman–Crippen MR) is 131 cm³/mol. The Morgan fingerprint density at radius 2 is 1.97 bits per heavy atom. The Labute approximate surface area is 186 Å². The number of nitrogens with zero attached hydrogens (tertiary/aromatic N) is 1. The van der Waals surface area contributed by atoms with Crippen molar-refractivity contribution in [2.45, 2.75) is 93.4 Å². The van der Waals surface area contributed by atoms with Gasteiger partial charge in [0.2, 0.25) is 0 Å². The van der Waals surface area contributed by atoms with Gasteiger partial charge in [0.05, 0.1) is 0 Å². The van der Waals surface area contributed by atoms with E-state index < -0.39 is 0 Å². The first-order valence-electron chi connectivity index (χ1n) is 12.1. The van der Waals surface area contributed by atoms with Crippen molar-refractivity contribution in [1.29, 1.82) is 0 Å². The van der Waals surface area contributed by atoms with Crippen LogP contribution in [0, 0.1) is 23.2 Å². The van der Waals surface area contributed by atoms with Crippen LogP contribution in [0.5, 0.6) is 0 Å². The lowest BCUT2D eigenvalue weighted by Gasteiger charge is -2.22. The van der Waals surface area contributed by atoms with Gasteiger partial charge in [0, 0.05) is 37.5 Å². The van der Waals surface area contributed by atoms with Crippen molar-refractivity contribution in [2.24, 2.45) is 28.2 Å². The molecule has 2 aliphatic carbocycles. The number of unbranched alkanes of at least 4 members (excludes halogenated alkanes) is 1. The average molecular weight is 416 g/mol. The molecule has 1 aliphatic heterocycles. The van der Waals surface area contributed by atoms with Crippen LogP contribution in [-0.2, 0) is 9.59 Å². The van der Waals surface area contributed by atoms with Gasteiger partial charge < -0.3 is 4.79 Å². The molecule has 0 aromatic rings. The Bertz CT molecular complexity index is 704. The second-order valence-electron chi connectivity index (χ2n) is 8.45. The minimum Gasteiger partial charge on any atom is -0.300 e. The maximum Gasteiger partial charge on any atom is 0.141 e. The molecule has 1 spiro atoms. The molecule has 0 aromatic heterocycles. The summed E-state index contributed by atoms with van der Waals surface area (Å²) in [5.41, 5.74) is 2.34. The number of aliphatic imine (C=N–C) groups is 1. The first-order valence-corrected chi connectivity index (χ1v) is 12.1. The van der Waals surface area contributed by atoms with Gasteiger partial charge in [-0.05, 0) is 43.3 Å². The number of Topliss-reactive ketones (excluding diaryl/α,β-unsaturated/α-hetero) is 2. The van der Waals surface area contributed by atoms with Crippen molar-refractivity contribution in [2.75, 3.05) is 0 Å². The summed E-state index contributed by atoms with van der Waals surface area (Å²) in [4.78, 5) is 28.9. The van der Waals surface area contributed by atoms with Crippen molar-refractivity contribution in [3.8, 4) is 0 Å². The first-order chi connectivity index (χ1) is 14.4. The predicted octanol–water partition coefficient (Wildman–Crippen LogP) is 7.53. The van der Waals surface area contributed by atoms with Crippen LogP contribution in [0.3, 0.4) is 0 Å². The summed E-state index contributed by atoms with van der Waals surface area (Å²) in [6.45, 7) is 13.8. The highest BCUT2D eigenvalue weighted by atomic mass is 16.1. The molecule has 4 atom stereocenters. The van der Waals surface area contributed by atoms with Crippen LogP contribution in [0.1, 0.15) is 94.8 Å². The monoisotopic (exact) mass is 415 g/mol. The van der Waals surface area contributed by atoms with Gasteiger partial charge in [0.25, 0.3) is 0 Å². The number of rotatable bonds is 10. The summed E-state index contributed by atoms with van der Waals surface area (Å²) in [5, 5.41) is 0. The molecule has 1 saturated carbocycles. The Morgan fingerprint density at radius 3 is 2.60 bits per heavy atom. The minimum absolute atomic E-state index is 0. The van der Waals surface area contributed by atoms with Gasteiger partial charge in [-0.2, -0.15) is 0 Å². The van der Waals surface area contributed by atoms with Crippen LogP contribution in [0.2, 0.25) is 0 Å². The number of hydrogen-bond acceptors (Lipinski definition) is 3. The summed E-state index contributed by atoms with van der Waals surface area (Å²) in [6.07, 6.45) is 17.0. The molecule has 0 amide bonds. The molecule has 1 heterocycles. The Balaban J connectivity index is 0.00000170. The van der Waals surface area contributed by atoms with Gasteiger partial charge in [0.1, 0.15) is 11.6 Å². The van der Waals surface area contributed by atoms with Crippen molar-refractivity contribution in [3.63, 3.8) is 0 Å². The molecule has 0 bridgehead atoms. The minimum atomic E-state index is -0.0166. The lowest BCUT2D eigenvalue weighted by atomic mass is 9.84. The van der Waals surface area contributed by atoms with E-state index in [1.807, 2.05) is 34.6 Å². The first kappa shape index (κ1) is 26.3. The molecular formula is C27H45NO2. The van der Waals surface area contributed by atoms with Crippen LogP contribution in [0.15, 0.2) is 40.6 Å². The van der Waals surface area contributed by atoms with Crippen LogP contribution in [0.4, 0.5) is 0 Å². The Kier molecular flexibility index (Phi) is 11.2. The molecular weight excluding hydrogens is 370 g/mol. The lowest BCUT2D eigenvalue weighted by molar-refractivity contribution is -0.123. The second kappa shape index (κ2) is 12.8. The van der Waals surface area contributed by atoms with Gasteiger partial charge in [0.15, 0.2) is 0 Å². The number of ketones is 2. The third-order valence-electron chi connectivity index (χ3n) is 6.13. The highest BCUT2D eigenvalue weighted by molar-refractivity contribution is 5.86. The Morgan fingerprint density at radius 1 is 1.27 bits per heavy atom. The molecule has 0 N–H and O–H groups in total. The summed E-state index contributed by atoms with van der Waals surface area (Å²) < 4.78 is 0. The number of carbonyl (C=O) groups is 2. The van der Waals surface area contributed by atoms with E-state index in [4.69, 9.17) is 0 Å². The third-order valence-corrected chi connectivity index (χ3v) is 6.13. The molecule has 3 heteroatoms. The largest absolute Gasteiger partial charge is 0.300 e. The van der Waals surface area contributed by atoms with Gasteiger partial charge in [-0.15, -0.1) is 0 Å². The van der Waals surface area contributed by atoms with E-state index in [-0.39, 0.29) is 24.3 Å². The van der Waals surface area contributed by atoms with E-state index in [2.05, 4.69) is 42.4 Å². The highest BCUT2D eigenvalue weighted by Crippen LogP contribution is 2.60. The quantitative estimate of drug-likeness (QED) is 0.370. The van der Waals surface area contributed by atoms with Gasteiger partial charge in [-0.3, -0.25) is 9.79 Å². The molecule has 3 unspecified atom stereocenters. The zero-order valence-electron chi connectivity index (χ0n) is 20.3. The molecule has 3 rings (SSSR count). The van der Waals surface area contributed by atoms with Gasteiger partial charge >= 0.3 is 0 Å². The molecule has 3 nitrogen and oxygen atoms in total. The number of hydrogen-bond donors (Lipinski definition) is 0.